The smallest absolute Gasteiger partial charge is 0.262 e. The Morgan fingerprint density at radius 1 is 1.58 bits per heavy atom. The van der Waals surface area contributed by atoms with Gasteiger partial charge in [0, 0.05) is 18.8 Å². The van der Waals surface area contributed by atoms with E-state index in [4.69, 9.17) is 0 Å². The molecular formula is C14H19BrN2O2. The highest BCUT2D eigenvalue weighted by Gasteiger charge is 2.36. The van der Waals surface area contributed by atoms with Crippen LogP contribution in [0.25, 0.3) is 0 Å². The zero-order valence-electron chi connectivity index (χ0n) is 11.4. The highest BCUT2D eigenvalue weighted by atomic mass is 79.9. The van der Waals surface area contributed by atoms with Crippen LogP contribution in [0, 0.1) is 11.8 Å². The number of halogens is 1. The highest BCUT2D eigenvalue weighted by molar-refractivity contribution is 9.10. The Bertz CT molecular complexity index is 538. The second-order valence-electron chi connectivity index (χ2n) is 5.59. The SMILES string of the molecule is CC(C)N(C[C@H]1C[C@H]1C)C(=O)c1c[nH]c(=O)c(Br)c1. The third kappa shape index (κ3) is 3.26. The van der Waals surface area contributed by atoms with Gasteiger partial charge in [0.05, 0.1) is 10.0 Å². The number of nitrogens with one attached hydrogen (secondary N) is 1. The van der Waals surface area contributed by atoms with E-state index >= 15 is 0 Å². The molecule has 19 heavy (non-hydrogen) atoms. The number of aromatic nitrogens is 1. The van der Waals surface area contributed by atoms with E-state index in [2.05, 4.69) is 27.8 Å². The first-order chi connectivity index (χ1) is 8.90. The van der Waals surface area contributed by atoms with Gasteiger partial charge < -0.3 is 9.88 Å². The van der Waals surface area contributed by atoms with Gasteiger partial charge in [-0.3, -0.25) is 9.59 Å². The van der Waals surface area contributed by atoms with Crippen molar-refractivity contribution in [3.05, 3.63) is 32.7 Å². The van der Waals surface area contributed by atoms with E-state index in [1.165, 1.54) is 12.6 Å². The minimum absolute atomic E-state index is 0.0222. The molecule has 1 aromatic rings. The summed E-state index contributed by atoms with van der Waals surface area (Å²) in [6.07, 6.45) is 2.69. The van der Waals surface area contributed by atoms with Gasteiger partial charge in [-0.25, -0.2) is 0 Å². The monoisotopic (exact) mass is 326 g/mol. The molecule has 1 aliphatic rings. The molecule has 0 unspecified atom stereocenters. The summed E-state index contributed by atoms with van der Waals surface area (Å²) < 4.78 is 0.391. The van der Waals surface area contributed by atoms with E-state index in [0.717, 1.165) is 12.5 Å². The molecule has 1 N–H and O–H groups in total. The summed E-state index contributed by atoms with van der Waals surface area (Å²) >= 11 is 3.16. The van der Waals surface area contributed by atoms with E-state index in [1.54, 1.807) is 6.07 Å². The molecule has 1 amide bonds. The summed E-state index contributed by atoms with van der Waals surface area (Å²) in [6.45, 7) is 7.05. The average Bonchev–Trinajstić information content (AvgIpc) is 3.04. The fourth-order valence-electron chi connectivity index (χ4n) is 2.18. The van der Waals surface area contributed by atoms with Crippen molar-refractivity contribution in [2.45, 2.75) is 33.2 Å². The zero-order chi connectivity index (χ0) is 14.2. The van der Waals surface area contributed by atoms with Crippen molar-refractivity contribution in [3.8, 4) is 0 Å². The molecule has 2 rings (SSSR count). The lowest BCUT2D eigenvalue weighted by molar-refractivity contribution is 0.0693. The minimum atomic E-state index is -0.219. The fourth-order valence-corrected chi connectivity index (χ4v) is 2.54. The Hall–Kier alpha value is -1.10. The van der Waals surface area contributed by atoms with Gasteiger partial charge in [0.15, 0.2) is 0 Å². The molecule has 0 saturated heterocycles. The molecule has 1 saturated carbocycles. The quantitative estimate of drug-likeness (QED) is 0.924. The number of nitrogens with zero attached hydrogens (tertiary/aromatic N) is 1. The second kappa shape index (κ2) is 5.49. The number of H-pyrrole nitrogens is 1. The first-order valence-electron chi connectivity index (χ1n) is 6.59. The van der Waals surface area contributed by atoms with Gasteiger partial charge in [-0.15, -0.1) is 0 Å². The van der Waals surface area contributed by atoms with Crippen molar-refractivity contribution in [1.82, 2.24) is 9.88 Å². The number of aromatic amines is 1. The lowest BCUT2D eigenvalue weighted by atomic mass is 10.2. The van der Waals surface area contributed by atoms with Crippen LogP contribution in [0.5, 0.6) is 0 Å². The number of carbonyl (C=O) groups excluding carboxylic acids is 1. The first kappa shape index (κ1) is 14.3. The summed E-state index contributed by atoms with van der Waals surface area (Å²) in [5, 5.41) is 0. The number of hydrogen-bond donors (Lipinski definition) is 1. The summed E-state index contributed by atoms with van der Waals surface area (Å²) in [7, 11) is 0. The summed E-state index contributed by atoms with van der Waals surface area (Å²) in [5.74, 6) is 1.32. The third-order valence-electron chi connectivity index (χ3n) is 3.70. The third-order valence-corrected chi connectivity index (χ3v) is 4.29. The van der Waals surface area contributed by atoms with Gasteiger partial charge in [0.1, 0.15) is 0 Å². The summed E-state index contributed by atoms with van der Waals surface area (Å²) in [4.78, 5) is 28.3. The molecule has 0 aromatic carbocycles. The molecule has 1 fully saturated rings. The number of amides is 1. The van der Waals surface area contributed by atoms with Crippen LogP contribution in [0.3, 0.4) is 0 Å². The number of carbonyl (C=O) groups is 1. The predicted molar refractivity (Wildman–Crippen MR) is 78.2 cm³/mol. The van der Waals surface area contributed by atoms with E-state index in [1.807, 2.05) is 18.7 Å². The van der Waals surface area contributed by atoms with Crippen molar-refractivity contribution >= 4 is 21.8 Å². The van der Waals surface area contributed by atoms with Gasteiger partial charge >= 0.3 is 0 Å². The van der Waals surface area contributed by atoms with Crippen LogP contribution < -0.4 is 5.56 Å². The average molecular weight is 327 g/mol. The Morgan fingerprint density at radius 3 is 2.68 bits per heavy atom. The van der Waals surface area contributed by atoms with Gasteiger partial charge in [-0.05, 0) is 54.1 Å². The van der Waals surface area contributed by atoms with Gasteiger partial charge in [0.25, 0.3) is 11.5 Å². The summed E-state index contributed by atoms with van der Waals surface area (Å²) in [5.41, 5.74) is 0.303. The van der Waals surface area contributed by atoms with Crippen LogP contribution >= 0.6 is 15.9 Å². The predicted octanol–water partition coefficient (Wildman–Crippen LogP) is 2.64. The molecule has 2 atom stereocenters. The number of hydrogen-bond acceptors (Lipinski definition) is 2. The van der Waals surface area contributed by atoms with Crippen molar-refractivity contribution < 1.29 is 4.79 Å². The molecular weight excluding hydrogens is 308 g/mol. The van der Waals surface area contributed by atoms with Gasteiger partial charge in [-0.2, -0.15) is 0 Å². The van der Waals surface area contributed by atoms with Crippen LogP contribution in [0.1, 0.15) is 37.6 Å². The molecule has 4 nitrogen and oxygen atoms in total. The Kier molecular flexibility index (Phi) is 4.13. The minimum Gasteiger partial charge on any atom is -0.336 e. The number of rotatable bonds is 4. The Labute approximate surface area is 121 Å². The van der Waals surface area contributed by atoms with Crippen molar-refractivity contribution in [2.75, 3.05) is 6.54 Å². The largest absolute Gasteiger partial charge is 0.336 e. The van der Waals surface area contributed by atoms with Gasteiger partial charge in [0.2, 0.25) is 0 Å². The maximum Gasteiger partial charge on any atom is 0.262 e. The van der Waals surface area contributed by atoms with Crippen molar-refractivity contribution in [3.63, 3.8) is 0 Å². The fraction of sp³-hybridized carbons (Fsp3) is 0.571. The van der Waals surface area contributed by atoms with Crippen LogP contribution in [0.15, 0.2) is 21.5 Å². The van der Waals surface area contributed by atoms with Crippen LogP contribution in [0.2, 0.25) is 0 Å². The van der Waals surface area contributed by atoms with Crippen LogP contribution in [0.4, 0.5) is 0 Å². The zero-order valence-corrected chi connectivity index (χ0v) is 13.0. The molecule has 1 aliphatic carbocycles. The Balaban J connectivity index is 2.18. The molecule has 0 radical (unpaired) electrons. The standard InChI is InChI=1S/C14H19BrN2O2/c1-8(2)17(7-11-4-9(11)3)14(19)10-5-12(15)13(18)16-6-10/h5-6,8-9,11H,4,7H2,1-3H3,(H,16,18)/t9-,11-/m1/s1. The van der Waals surface area contributed by atoms with Crippen molar-refractivity contribution in [1.29, 1.82) is 0 Å². The van der Waals surface area contributed by atoms with E-state index < -0.39 is 0 Å². The molecule has 0 spiro atoms. The summed E-state index contributed by atoms with van der Waals surface area (Å²) in [6, 6.07) is 1.75. The maximum absolute atomic E-state index is 12.5. The Morgan fingerprint density at radius 2 is 2.21 bits per heavy atom. The normalized spacial score (nSPS) is 21.5. The maximum atomic E-state index is 12.5. The lowest BCUT2D eigenvalue weighted by Gasteiger charge is -2.27. The molecule has 1 heterocycles. The van der Waals surface area contributed by atoms with Crippen LogP contribution in [-0.2, 0) is 0 Å². The number of pyridine rings is 1. The molecule has 1 aromatic heterocycles. The molecule has 5 heteroatoms. The second-order valence-corrected chi connectivity index (χ2v) is 6.44. The van der Waals surface area contributed by atoms with E-state index in [0.29, 0.717) is 16.0 Å². The lowest BCUT2D eigenvalue weighted by Crippen LogP contribution is -2.39. The van der Waals surface area contributed by atoms with Gasteiger partial charge in [-0.1, -0.05) is 6.92 Å². The van der Waals surface area contributed by atoms with Crippen molar-refractivity contribution in [2.24, 2.45) is 11.8 Å². The van der Waals surface area contributed by atoms with E-state index in [9.17, 15) is 9.59 Å². The molecule has 0 bridgehead atoms. The molecule has 0 aliphatic heterocycles. The van der Waals surface area contributed by atoms with Crippen LogP contribution in [-0.4, -0.2) is 28.4 Å². The van der Waals surface area contributed by atoms with E-state index in [-0.39, 0.29) is 17.5 Å². The first-order valence-corrected chi connectivity index (χ1v) is 7.38. The highest BCUT2D eigenvalue weighted by Crippen LogP contribution is 2.38. The topological polar surface area (TPSA) is 53.2 Å². The molecule has 104 valence electrons.